The molecule has 9 heteroatoms. The number of hydrogen-bond acceptors (Lipinski definition) is 6. The highest BCUT2D eigenvalue weighted by molar-refractivity contribution is 7.88. The average molecular weight is 384 g/mol. The number of nitrogens with zero attached hydrogens (tertiary/aromatic N) is 1. The molecule has 144 valence electrons. The van der Waals surface area contributed by atoms with Crippen LogP contribution in [-0.2, 0) is 30.7 Å². The molecule has 0 aromatic heterocycles. The topological polar surface area (TPSA) is 102 Å². The van der Waals surface area contributed by atoms with Crippen LogP contribution < -0.4 is 4.72 Å². The van der Waals surface area contributed by atoms with E-state index in [1.54, 1.807) is 36.1 Å². The van der Waals surface area contributed by atoms with E-state index >= 15 is 0 Å². The van der Waals surface area contributed by atoms with E-state index in [-0.39, 0.29) is 12.5 Å². The lowest BCUT2D eigenvalue weighted by Gasteiger charge is -2.28. The van der Waals surface area contributed by atoms with Crippen LogP contribution in [0.3, 0.4) is 0 Å². The van der Waals surface area contributed by atoms with E-state index < -0.39 is 22.1 Å². The van der Waals surface area contributed by atoms with Gasteiger partial charge in [-0.05, 0) is 31.0 Å². The molecule has 1 aromatic rings. The highest BCUT2D eigenvalue weighted by Crippen LogP contribution is 2.10. The van der Waals surface area contributed by atoms with E-state index in [9.17, 15) is 18.0 Å². The van der Waals surface area contributed by atoms with Crippen molar-refractivity contribution in [2.75, 3.05) is 39.1 Å². The molecular formula is C17H24N2O6S. The van der Waals surface area contributed by atoms with Crippen LogP contribution >= 0.6 is 0 Å². The molecular weight excluding hydrogens is 360 g/mol. The molecule has 1 aromatic carbocycles. The van der Waals surface area contributed by atoms with Crippen molar-refractivity contribution in [2.24, 2.45) is 0 Å². The summed E-state index contributed by atoms with van der Waals surface area (Å²) in [5, 5.41) is 0. The van der Waals surface area contributed by atoms with Gasteiger partial charge in [0, 0.05) is 19.6 Å². The Hall–Kier alpha value is -1.97. The standard InChI is InChI=1S/C17H24N2O6S/c1-13(16(20)19-9-11-24-12-10-19)25-17(21)15-5-3-14(4-6-15)7-8-18-26(2,22)23/h3-6,13,18H,7-12H2,1-2H3/t13-/m0/s1. The second-order valence-electron chi connectivity index (χ2n) is 6.10. The van der Waals surface area contributed by atoms with E-state index in [1.807, 2.05) is 0 Å². The second kappa shape index (κ2) is 9.11. The summed E-state index contributed by atoms with van der Waals surface area (Å²) in [4.78, 5) is 26.1. The Morgan fingerprint density at radius 2 is 1.85 bits per heavy atom. The first-order valence-corrected chi connectivity index (χ1v) is 10.3. The molecule has 1 heterocycles. The smallest absolute Gasteiger partial charge is 0.338 e. The zero-order chi connectivity index (χ0) is 19.2. The number of esters is 1. The van der Waals surface area contributed by atoms with Gasteiger partial charge in [0.2, 0.25) is 10.0 Å². The van der Waals surface area contributed by atoms with E-state index in [0.717, 1.165) is 11.8 Å². The molecule has 0 spiro atoms. The molecule has 0 saturated carbocycles. The molecule has 2 rings (SSSR count). The third-order valence-electron chi connectivity index (χ3n) is 3.92. The molecule has 1 fully saturated rings. The summed E-state index contributed by atoms with van der Waals surface area (Å²) in [5.41, 5.74) is 1.22. The van der Waals surface area contributed by atoms with Crippen molar-refractivity contribution in [1.29, 1.82) is 0 Å². The zero-order valence-corrected chi connectivity index (χ0v) is 15.8. The van der Waals surface area contributed by atoms with Crippen LogP contribution in [-0.4, -0.2) is 70.4 Å². The van der Waals surface area contributed by atoms with Crippen LogP contribution in [0.4, 0.5) is 0 Å². The van der Waals surface area contributed by atoms with Gasteiger partial charge in [-0.3, -0.25) is 4.79 Å². The minimum atomic E-state index is -3.21. The number of sulfonamides is 1. The van der Waals surface area contributed by atoms with Crippen molar-refractivity contribution in [3.05, 3.63) is 35.4 Å². The zero-order valence-electron chi connectivity index (χ0n) is 14.9. The number of morpholine rings is 1. The number of hydrogen-bond donors (Lipinski definition) is 1. The summed E-state index contributed by atoms with van der Waals surface area (Å²) in [6, 6.07) is 6.66. The van der Waals surface area contributed by atoms with Crippen molar-refractivity contribution in [1.82, 2.24) is 9.62 Å². The van der Waals surface area contributed by atoms with Crippen molar-refractivity contribution in [2.45, 2.75) is 19.4 Å². The Kier molecular flexibility index (Phi) is 7.13. The number of carbonyl (C=O) groups is 2. The molecule has 0 radical (unpaired) electrons. The molecule has 1 saturated heterocycles. The van der Waals surface area contributed by atoms with Crippen molar-refractivity contribution >= 4 is 21.9 Å². The van der Waals surface area contributed by atoms with E-state index in [2.05, 4.69) is 4.72 Å². The van der Waals surface area contributed by atoms with E-state index in [4.69, 9.17) is 9.47 Å². The van der Waals surface area contributed by atoms with Gasteiger partial charge >= 0.3 is 5.97 Å². The monoisotopic (exact) mass is 384 g/mol. The molecule has 1 aliphatic rings. The quantitative estimate of drug-likeness (QED) is 0.673. The molecule has 1 atom stereocenters. The summed E-state index contributed by atoms with van der Waals surface area (Å²) in [6.07, 6.45) is 0.749. The van der Waals surface area contributed by atoms with Gasteiger partial charge in [0.1, 0.15) is 0 Å². The SMILES string of the molecule is C[C@H](OC(=O)c1ccc(CCNS(C)(=O)=O)cc1)C(=O)N1CCOCC1. The number of carbonyl (C=O) groups excluding carboxylic acids is 2. The molecule has 0 unspecified atom stereocenters. The lowest BCUT2D eigenvalue weighted by atomic mass is 10.1. The molecule has 0 aliphatic carbocycles. The van der Waals surface area contributed by atoms with Gasteiger partial charge in [-0.2, -0.15) is 0 Å². The summed E-state index contributed by atoms with van der Waals surface area (Å²) >= 11 is 0. The van der Waals surface area contributed by atoms with Gasteiger partial charge in [0.15, 0.2) is 6.10 Å². The van der Waals surface area contributed by atoms with Crippen molar-refractivity contribution < 1.29 is 27.5 Å². The van der Waals surface area contributed by atoms with Crippen LogP contribution in [0.1, 0.15) is 22.8 Å². The molecule has 1 N–H and O–H groups in total. The first kappa shape index (κ1) is 20.3. The predicted molar refractivity (Wildman–Crippen MR) is 95.3 cm³/mol. The van der Waals surface area contributed by atoms with Crippen LogP contribution in [0.5, 0.6) is 0 Å². The Labute approximate surface area is 153 Å². The molecule has 0 bridgehead atoms. The summed E-state index contributed by atoms with van der Waals surface area (Å²) < 4.78 is 34.9. The van der Waals surface area contributed by atoms with Crippen molar-refractivity contribution in [3.8, 4) is 0 Å². The summed E-state index contributed by atoms with van der Waals surface area (Å²) in [5.74, 6) is -0.801. The fraction of sp³-hybridized carbons (Fsp3) is 0.529. The minimum Gasteiger partial charge on any atom is -0.449 e. The normalized spacial score (nSPS) is 16.2. The number of benzene rings is 1. The fourth-order valence-electron chi connectivity index (χ4n) is 2.51. The van der Waals surface area contributed by atoms with E-state index in [1.165, 1.54) is 0 Å². The number of nitrogens with one attached hydrogen (secondary N) is 1. The second-order valence-corrected chi connectivity index (χ2v) is 7.93. The number of amides is 1. The van der Waals surface area contributed by atoms with E-state index in [0.29, 0.717) is 38.3 Å². The first-order valence-electron chi connectivity index (χ1n) is 8.37. The lowest BCUT2D eigenvalue weighted by molar-refractivity contribution is -0.143. The Morgan fingerprint density at radius 3 is 2.42 bits per heavy atom. The van der Waals surface area contributed by atoms with Gasteiger partial charge in [-0.1, -0.05) is 12.1 Å². The Balaban J connectivity index is 1.85. The molecule has 26 heavy (non-hydrogen) atoms. The summed E-state index contributed by atoms with van der Waals surface area (Å²) in [7, 11) is -3.21. The predicted octanol–water partition coefficient (Wildman–Crippen LogP) is 0.182. The largest absolute Gasteiger partial charge is 0.449 e. The summed E-state index contributed by atoms with van der Waals surface area (Å²) in [6.45, 7) is 3.81. The van der Waals surface area contributed by atoms with Gasteiger partial charge in [0.25, 0.3) is 5.91 Å². The maximum absolute atomic E-state index is 12.3. The molecule has 1 aliphatic heterocycles. The van der Waals surface area contributed by atoms with Crippen molar-refractivity contribution in [3.63, 3.8) is 0 Å². The third-order valence-corrected chi connectivity index (χ3v) is 4.65. The molecule has 1 amide bonds. The van der Waals surface area contributed by atoms with Gasteiger partial charge < -0.3 is 14.4 Å². The van der Waals surface area contributed by atoms with Crippen LogP contribution in [0.2, 0.25) is 0 Å². The van der Waals surface area contributed by atoms with Crippen LogP contribution in [0.15, 0.2) is 24.3 Å². The highest BCUT2D eigenvalue weighted by atomic mass is 32.2. The van der Waals surface area contributed by atoms with Gasteiger partial charge in [-0.15, -0.1) is 0 Å². The van der Waals surface area contributed by atoms with Gasteiger partial charge in [0.05, 0.1) is 25.0 Å². The molecule has 8 nitrogen and oxygen atoms in total. The number of ether oxygens (including phenoxy) is 2. The lowest BCUT2D eigenvalue weighted by Crippen LogP contribution is -2.46. The minimum absolute atomic E-state index is 0.231. The third kappa shape index (κ3) is 6.40. The maximum atomic E-state index is 12.3. The van der Waals surface area contributed by atoms with Crippen LogP contribution in [0.25, 0.3) is 0 Å². The number of rotatable bonds is 7. The highest BCUT2D eigenvalue weighted by Gasteiger charge is 2.25. The van der Waals surface area contributed by atoms with Crippen LogP contribution in [0, 0.1) is 0 Å². The van der Waals surface area contributed by atoms with Gasteiger partial charge in [-0.25, -0.2) is 17.9 Å². The first-order chi connectivity index (χ1) is 12.3. The Bertz CT molecular complexity index is 726. The Morgan fingerprint density at radius 1 is 1.23 bits per heavy atom. The maximum Gasteiger partial charge on any atom is 0.338 e. The fourth-order valence-corrected chi connectivity index (χ4v) is 2.98. The average Bonchev–Trinajstić information content (AvgIpc) is 2.61.